The fraction of sp³-hybridized carbons (Fsp3) is 0.278. The molecule has 0 heterocycles. The van der Waals surface area contributed by atoms with Gasteiger partial charge in [0.2, 0.25) is 11.8 Å². The maximum absolute atomic E-state index is 14.6. The molecule has 1 atom stereocenters. The van der Waals surface area contributed by atoms with Crippen LogP contribution in [0.5, 0.6) is 5.75 Å². The number of amides is 2. The molecule has 240 valence electrons. The molecule has 0 spiro atoms. The summed E-state index contributed by atoms with van der Waals surface area (Å²) in [5, 5.41) is 3.14. The van der Waals surface area contributed by atoms with E-state index in [1.165, 1.54) is 36.3 Å². The molecular weight excluding hydrogens is 605 g/mol. The number of rotatable bonds is 13. The van der Waals surface area contributed by atoms with Gasteiger partial charge in [0.1, 0.15) is 24.2 Å². The molecule has 10 heteroatoms. The molecule has 8 nitrogen and oxygen atoms in total. The van der Waals surface area contributed by atoms with Crippen LogP contribution < -0.4 is 14.4 Å². The standard InChI is InChI=1S/C36H38FN3O5S/c1-45-34-19-11-10-18-32(34)40(46(43,44)31-16-6-3-7-17-31)26-35(41)39(25-28-20-22-29(37)23-21-28)33(24-27-12-4-2-5-13-27)36(42)38-30-14-8-9-15-30/h2-7,10-13,16-23,30,33H,8-9,14-15,24-26H2,1H3,(H,38,42)/t33-/m1/s1. The van der Waals surface area contributed by atoms with Gasteiger partial charge in [0, 0.05) is 19.0 Å². The van der Waals surface area contributed by atoms with Crippen molar-refractivity contribution in [2.24, 2.45) is 0 Å². The van der Waals surface area contributed by atoms with Crippen LogP contribution in [0.15, 0.2) is 114 Å². The number of para-hydroxylation sites is 2. The molecule has 5 rings (SSSR count). The first-order valence-electron chi connectivity index (χ1n) is 15.4. The summed E-state index contributed by atoms with van der Waals surface area (Å²) in [7, 11) is -2.83. The molecule has 0 saturated heterocycles. The molecule has 0 radical (unpaired) electrons. The second-order valence-electron chi connectivity index (χ2n) is 11.3. The monoisotopic (exact) mass is 643 g/mol. The van der Waals surface area contributed by atoms with Gasteiger partial charge in [-0.1, -0.05) is 85.6 Å². The van der Waals surface area contributed by atoms with Crippen molar-refractivity contribution < 1.29 is 27.1 Å². The zero-order valence-corrected chi connectivity index (χ0v) is 26.5. The average molecular weight is 644 g/mol. The summed E-state index contributed by atoms with van der Waals surface area (Å²) in [4.78, 5) is 30.0. The van der Waals surface area contributed by atoms with Gasteiger partial charge in [-0.25, -0.2) is 12.8 Å². The van der Waals surface area contributed by atoms with Crippen LogP contribution in [0.25, 0.3) is 0 Å². The lowest BCUT2D eigenvalue weighted by molar-refractivity contribution is -0.140. The summed E-state index contributed by atoms with van der Waals surface area (Å²) in [6.45, 7) is -0.652. The van der Waals surface area contributed by atoms with Gasteiger partial charge < -0.3 is 15.0 Å². The van der Waals surface area contributed by atoms with Gasteiger partial charge >= 0.3 is 0 Å². The van der Waals surface area contributed by atoms with E-state index in [4.69, 9.17) is 4.74 Å². The van der Waals surface area contributed by atoms with E-state index in [0.29, 0.717) is 5.56 Å². The Bertz CT molecular complexity index is 1710. The van der Waals surface area contributed by atoms with Crippen LogP contribution in [0.3, 0.4) is 0 Å². The summed E-state index contributed by atoms with van der Waals surface area (Å²) in [6.07, 6.45) is 3.93. The number of methoxy groups -OCH3 is 1. The Hall–Kier alpha value is -4.70. The van der Waals surface area contributed by atoms with Crippen LogP contribution in [0.1, 0.15) is 36.8 Å². The lowest BCUT2D eigenvalue weighted by Gasteiger charge is -2.34. The Kier molecular flexibility index (Phi) is 10.7. The molecule has 1 fully saturated rings. The van der Waals surface area contributed by atoms with Crippen molar-refractivity contribution in [3.8, 4) is 5.75 Å². The number of benzene rings is 4. The minimum Gasteiger partial charge on any atom is -0.495 e. The van der Waals surface area contributed by atoms with Crippen molar-refractivity contribution in [1.29, 1.82) is 0 Å². The van der Waals surface area contributed by atoms with E-state index in [9.17, 15) is 22.4 Å². The van der Waals surface area contributed by atoms with Crippen LogP contribution in [0.4, 0.5) is 10.1 Å². The highest BCUT2D eigenvalue weighted by Gasteiger charge is 2.36. The van der Waals surface area contributed by atoms with Crippen LogP contribution >= 0.6 is 0 Å². The first-order valence-corrected chi connectivity index (χ1v) is 16.8. The van der Waals surface area contributed by atoms with Crippen LogP contribution in [0.2, 0.25) is 0 Å². The maximum atomic E-state index is 14.6. The highest BCUT2D eigenvalue weighted by Crippen LogP contribution is 2.32. The third-order valence-electron chi connectivity index (χ3n) is 8.20. The normalized spacial score (nSPS) is 14.0. The first kappa shape index (κ1) is 32.7. The molecule has 4 aromatic carbocycles. The van der Waals surface area contributed by atoms with Crippen molar-refractivity contribution in [3.05, 3.63) is 126 Å². The lowest BCUT2D eigenvalue weighted by atomic mass is 10.0. The Morgan fingerprint density at radius 3 is 2.11 bits per heavy atom. The van der Waals surface area contributed by atoms with E-state index in [0.717, 1.165) is 35.6 Å². The van der Waals surface area contributed by atoms with E-state index in [2.05, 4.69) is 5.32 Å². The molecule has 0 unspecified atom stereocenters. The number of sulfonamides is 1. The molecule has 1 saturated carbocycles. The first-order chi connectivity index (χ1) is 22.3. The molecule has 0 bridgehead atoms. The van der Waals surface area contributed by atoms with Crippen molar-refractivity contribution >= 4 is 27.5 Å². The lowest BCUT2D eigenvalue weighted by Crippen LogP contribution is -2.54. The SMILES string of the molecule is COc1ccccc1N(CC(=O)N(Cc1ccc(F)cc1)[C@H](Cc1ccccc1)C(=O)NC1CCCC1)S(=O)(=O)c1ccccc1. The smallest absolute Gasteiger partial charge is 0.264 e. The van der Waals surface area contributed by atoms with Gasteiger partial charge in [-0.15, -0.1) is 0 Å². The average Bonchev–Trinajstić information content (AvgIpc) is 3.59. The number of carbonyl (C=O) groups is 2. The number of anilines is 1. The Morgan fingerprint density at radius 1 is 0.848 bits per heavy atom. The summed E-state index contributed by atoms with van der Waals surface area (Å²) in [5.74, 6) is -1.09. The van der Waals surface area contributed by atoms with Crippen LogP contribution in [-0.4, -0.2) is 50.9 Å². The molecule has 0 aromatic heterocycles. The molecule has 2 amide bonds. The molecule has 46 heavy (non-hydrogen) atoms. The second-order valence-corrected chi connectivity index (χ2v) is 13.2. The molecule has 4 aromatic rings. The molecule has 1 aliphatic rings. The fourth-order valence-electron chi connectivity index (χ4n) is 5.78. The van der Waals surface area contributed by atoms with Crippen LogP contribution in [-0.2, 0) is 32.6 Å². The number of nitrogens with zero attached hydrogens (tertiary/aromatic N) is 2. The van der Waals surface area contributed by atoms with Gasteiger partial charge in [-0.3, -0.25) is 13.9 Å². The van der Waals surface area contributed by atoms with Crippen LogP contribution in [0, 0.1) is 5.82 Å². The molecule has 1 N–H and O–H groups in total. The number of nitrogens with one attached hydrogen (secondary N) is 1. The molecule has 0 aliphatic heterocycles. The summed E-state index contributed by atoms with van der Waals surface area (Å²) >= 11 is 0. The minimum atomic E-state index is -4.26. The Balaban J connectivity index is 1.58. The van der Waals surface area contributed by atoms with Gasteiger partial charge in [0.15, 0.2) is 0 Å². The quantitative estimate of drug-likeness (QED) is 0.201. The fourth-order valence-corrected chi connectivity index (χ4v) is 7.22. The topological polar surface area (TPSA) is 96.0 Å². The number of hydrogen-bond acceptors (Lipinski definition) is 5. The van der Waals surface area contributed by atoms with Crippen molar-refractivity contribution in [2.75, 3.05) is 18.0 Å². The van der Waals surface area contributed by atoms with Crippen molar-refractivity contribution in [1.82, 2.24) is 10.2 Å². The van der Waals surface area contributed by atoms with Gasteiger partial charge in [-0.05, 0) is 60.4 Å². The Labute approximate surface area is 269 Å². The second kappa shape index (κ2) is 15.1. The summed E-state index contributed by atoms with van der Waals surface area (Å²) in [6, 6.07) is 28.5. The predicted molar refractivity (Wildman–Crippen MR) is 175 cm³/mol. The number of hydrogen-bond donors (Lipinski definition) is 1. The minimum absolute atomic E-state index is 0.00129. The van der Waals surface area contributed by atoms with Crippen molar-refractivity contribution in [3.63, 3.8) is 0 Å². The largest absolute Gasteiger partial charge is 0.495 e. The van der Waals surface area contributed by atoms with Gasteiger partial charge in [-0.2, -0.15) is 0 Å². The number of carbonyl (C=O) groups excluding carboxylic acids is 2. The summed E-state index contributed by atoms with van der Waals surface area (Å²) in [5.41, 5.74) is 1.61. The molecular formula is C36H38FN3O5S. The highest BCUT2D eigenvalue weighted by atomic mass is 32.2. The van der Waals surface area contributed by atoms with E-state index in [-0.39, 0.29) is 41.2 Å². The third-order valence-corrected chi connectivity index (χ3v) is 9.98. The van der Waals surface area contributed by atoms with Gasteiger partial charge in [0.05, 0.1) is 17.7 Å². The van der Waals surface area contributed by atoms with E-state index in [1.807, 2.05) is 30.3 Å². The zero-order valence-electron chi connectivity index (χ0n) is 25.7. The van der Waals surface area contributed by atoms with E-state index < -0.39 is 34.3 Å². The molecule has 1 aliphatic carbocycles. The Morgan fingerprint density at radius 2 is 1.46 bits per heavy atom. The zero-order chi connectivity index (χ0) is 32.5. The predicted octanol–water partition coefficient (Wildman–Crippen LogP) is 5.73. The van der Waals surface area contributed by atoms with E-state index >= 15 is 0 Å². The summed E-state index contributed by atoms with van der Waals surface area (Å²) < 4.78 is 48.7. The third kappa shape index (κ3) is 7.92. The van der Waals surface area contributed by atoms with Crippen molar-refractivity contribution in [2.45, 2.75) is 55.6 Å². The number of ether oxygens (including phenoxy) is 1. The number of halogens is 1. The highest BCUT2D eigenvalue weighted by molar-refractivity contribution is 7.92. The maximum Gasteiger partial charge on any atom is 0.264 e. The van der Waals surface area contributed by atoms with E-state index in [1.54, 1.807) is 54.6 Å². The van der Waals surface area contributed by atoms with Gasteiger partial charge in [0.25, 0.3) is 10.0 Å².